The van der Waals surface area contributed by atoms with Gasteiger partial charge in [0.05, 0.1) is 18.2 Å². The molecule has 3 rings (SSSR count). The van der Waals surface area contributed by atoms with Crippen LogP contribution in [0.3, 0.4) is 0 Å². The Morgan fingerprint density at radius 2 is 1.95 bits per heavy atom. The van der Waals surface area contributed by atoms with Crippen molar-refractivity contribution in [3.63, 3.8) is 0 Å². The molecule has 2 aromatic carbocycles. The predicted molar refractivity (Wildman–Crippen MR) is 92.8 cm³/mol. The summed E-state index contributed by atoms with van der Waals surface area (Å²) >= 11 is 5.24. The zero-order chi connectivity index (χ0) is 14.8. The van der Waals surface area contributed by atoms with Crippen molar-refractivity contribution in [3.05, 3.63) is 62.8 Å². The van der Waals surface area contributed by atoms with Gasteiger partial charge in [-0.1, -0.05) is 24.3 Å². The van der Waals surface area contributed by atoms with Crippen molar-refractivity contribution in [2.45, 2.75) is 6.54 Å². The molecule has 0 saturated carbocycles. The third kappa shape index (κ3) is 2.80. The van der Waals surface area contributed by atoms with Crippen LogP contribution in [-0.4, -0.2) is 7.05 Å². The second-order valence-electron chi connectivity index (χ2n) is 4.88. The minimum Gasteiger partial charge on any atom is -0.369 e. The first-order chi connectivity index (χ1) is 10.2. The summed E-state index contributed by atoms with van der Waals surface area (Å²) in [4.78, 5) is 3.53. The van der Waals surface area contributed by atoms with Gasteiger partial charge in [0.15, 0.2) is 0 Å². The Morgan fingerprint density at radius 1 is 1.19 bits per heavy atom. The molecule has 0 fully saturated rings. The first kappa shape index (κ1) is 14.1. The Morgan fingerprint density at radius 3 is 2.62 bits per heavy atom. The molecule has 104 valence electrons. The average molecular weight is 357 g/mol. The van der Waals surface area contributed by atoms with Crippen LogP contribution in [0.2, 0.25) is 0 Å². The summed E-state index contributed by atoms with van der Waals surface area (Å²) < 4.78 is 1.13. The molecule has 21 heavy (non-hydrogen) atoms. The Kier molecular flexibility index (Phi) is 3.96. The molecule has 1 aromatic heterocycles. The number of fused-ring (bicyclic) bond motifs is 1. The molecule has 3 aromatic rings. The molecule has 0 saturated heterocycles. The zero-order valence-corrected chi connectivity index (χ0v) is 13.9. The van der Waals surface area contributed by atoms with Crippen molar-refractivity contribution < 1.29 is 0 Å². The summed E-state index contributed by atoms with van der Waals surface area (Å²) in [5, 5.41) is 13.5. The molecule has 2 nitrogen and oxygen atoms in total. The fourth-order valence-electron chi connectivity index (χ4n) is 2.47. The highest BCUT2D eigenvalue weighted by Gasteiger charge is 2.10. The molecular formula is C17H13BrN2S. The lowest BCUT2D eigenvalue weighted by Crippen LogP contribution is -2.15. The highest BCUT2D eigenvalue weighted by Crippen LogP contribution is 2.30. The third-order valence-electron chi connectivity index (χ3n) is 3.45. The fourth-order valence-corrected chi connectivity index (χ4v) is 3.97. The minimum atomic E-state index is 0.724. The monoisotopic (exact) mass is 356 g/mol. The van der Waals surface area contributed by atoms with Gasteiger partial charge >= 0.3 is 0 Å². The van der Waals surface area contributed by atoms with Crippen LogP contribution in [0.1, 0.15) is 10.4 Å². The largest absolute Gasteiger partial charge is 0.369 e. The van der Waals surface area contributed by atoms with Crippen molar-refractivity contribution in [3.8, 4) is 6.07 Å². The van der Waals surface area contributed by atoms with Gasteiger partial charge in [0, 0.05) is 38.2 Å². The zero-order valence-electron chi connectivity index (χ0n) is 11.5. The van der Waals surface area contributed by atoms with Gasteiger partial charge in [-0.25, -0.2) is 0 Å². The number of rotatable bonds is 3. The first-order valence-electron chi connectivity index (χ1n) is 6.55. The van der Waals surface area contributed by atoms with Gasteiger partial charge in [0.25, 0.3) is 0 Å². The van der Waals surface area contributed by atoms with Gasteiger partial charge in [0.1, 0.15) is 0 Å². The van der Waals surface area contributed by atoms with Gasteiger partial charge in [-0.3, -0.25) is 0 Å². The maximum Gasteiger partial charge on any atom is 0.0998 e. The lowest BCUT2D eigenvalue weighted by atomic mass is 10.0. The minimum absolute atomic E-state index is 0.724. The SMILES string of the molecule is CN(Cc1cc(Br)cs1)c1ccc(C#N)c2ccccc12. The normalized spacial score (nSPS) is 10.5. The Labute approximate surface area is 136 Å². The van der Waals surface area contributed by atoms with E-state index in [4.69, 9.17) is 0 Å². The maximum absolute atomic E-state index is 9.24. The summed E-state index contributed by atoms with van der Waals surface area (Å²) in [6.07, 6.45) is 0. The number of benzene rings is 2. The summed E-state index contributed by atoms with van der Waals surface area (Å²) in [7, 11) is 2.08. The molecule has 0 N–H and O–H groups in total. The third-order valence-corrected chi connectivity index (χ3v) is 5.13. The number of halogens is 1. The maximum atomic E-state index is 9.24. The van der Waals surface area contributed by atoms with Gasteiger partial charge in [-0.05, 0) is 34.1 Å². The van der Waals surface area contributed by atoms with Crippen molar-refractivity contribution in [2.24, 2.45) is 0 Å². The van der Waals surface area contributed by atoms with Crippen LogP contribution in [0.4, 0.5) is 5.69 Å². The lowest BCUT2D eigenvalue weighted by Gasteiger charge is -2.21. The Balaban J connectivity index is 2.02. The van der Waals surface area contributed by atoms with E-state index in [0.29, 0.717) is 0 Å². The van der Waals surface area contributed by atoms with Crippen molar-refractivity contribution in [1.82, 2.24) is 0 Å². The molecule has 0 aliphatic heterocycles. The molecule has 0 unspecified atom stereocenters. The second-order valence-corrected chi connectivity index (χ2v) is 6.79. The van der Waals surface area contributed by atoms with E-state index in [2.05, 4.69) is 51.5 Å². The van der Waals surface area contributed by atoms with Crippen molar-refractivity contribution in [1.29, 1.82) is 5.26 Å². The highest BCUT2D eigenvalue weighted by atomic mass is 79.9. The Hall–Kier alpha value is -1.83. The highest BCUT2D eigenvalue weighted by molar-refractivity contribution is 9.10. The van der Waals surface area contributed by atoms with Gasteiger partial charge < -0.3 is 4.90 Å². The van der Waals surface area contributed by atoms with E-state index >= 15 is 0 Å². The lowest BCUT2D eigenvalue weighted by molar-refractivity contribution is 0.945. The second kappa shape index (κ2) is 5.88. The van der Waals surface area contributed by atoms with E-state index in [9.17, 15) is 5.26 Å². The van der Waals surface area contributed by atoms with Crippen molar-refractivity contribution >= 4 is 43.7 Å². The van der Waals surface area contributed by atoms with E-state index in [1.807, 2.05) is 30.3 Å². The van der Waals surface area contributed by atoms with Crippen molar-refractivity contribution in [2.75, 3.05) is 11.9 Å². The van der Waals surface area contributed by atoms with Crippen LogP contribution < -0.4 is 4.90 Å². The summed E-state index contributed by atoms with van der Waals surface area (Å²) in [6.45, 7) is 0.853. The van der Waals surface area contributed by atoms with E-state index in [-0.39, 0.29) is 0 Å². The predicted octanol–water partition coefficient (Wildman–Crippen LogP) is 5.17. The molecule has 0 atom stereocenters. The standard InChI is InChI=1S/C17H13BrN2S/c1-20(10-14-8-13(18)11-21-14)17-7-6-12(9-19)15-4-2-3-5-16(15)17/h2-8,11H,10H2,1H3. The molecular weight excluding hydrogens is 344 g/mol. The molecule has 0 aliphatic rings. The summed E-state index contributed by atoms with van der Waals surface area (Å²) in [5.41, 5.74) is 1.87. The molecule has 4 heteroatoms. The molecule has 0 radical (unpaired) electrons. The van der Waals surface area contributed by atoms with Crippen LogP contribution in [0.15, 0.2) is 52.3 Å². The van der Waals surface area contributed by atoms with Crippen LogP contribution in [0.5, 0.6) is 0 Å². The molecule has 0 bridgehead atoms. The average Bonchev–Trinajstić information content (AvgIpc) is 2.91. The summed E-state index contributed by atoms with van der Waals surface area (Å²) in [6, 6.07) is 16.4. The Bertz CT molecular complexity index is 832. The van der Waals surface area contributed by atoms with Gasteiger partial charge in [0.2, 0.25) is 0 Å². The number of thiophene rings is 1. The first-order valence-corrected chi connectivity index (χ1v) is 8.22. The van der Waals surface area contributed by atoms with E-state index in [1.165, 1.54) is 4.88 Å². The van der Waals surface area contributed by atoms with Crippen LogP contribution in [0, 0.1) is 11.3 Å². The number of hydrogen-bond donors (Lipinski definition) is 0. The smallest absolute Gasteiger partial charge is 0.0998 e. The van der Waals surface area contributed by atoms with Crippen LogP contribution in [0.25, 0.3) is 10.8 Å². The molecule has 1 heterocycles. The van der Waals surface area contributed by atoms with E-state index in [1.54, 1.807) is 11.3 Å². The number of nitriles is 1. The van der Waals surface area contributed by atoms with Gasteiger partial charge in [-0.15, -0.1) is 11.3 Å². The molecule has 0 spiro atoms. The molecule has 0 aliphatic carbocycles. The summed E-state index contributed by atoms with van der Waals surface area (Å²) in [5.74, 6) is 0. The van der Waals surface area contributed by atoms with Crippen LogP contribution >= 0.6 is 27.3 Å². The topological polar surface area (TPSA) is 27.0 Å². The number of hydrogen-bond acceptors (Lipinski definition) is 3. The van der Waals surface area contributed by atoms with E-state index < -0.39 is 0 Å². The molecule has 0 amide bonds. The fraction of sp³-hybridized carbons (Fsp3) is 0.118. The van der Waals surface area contributed by atoms with Crippen LogP contribution in [-0.2, 0) is 6.54 Å². The van der Waals surface area contributed by atoms with Gasteiger partial charge in [-0.2, -0.15) is 5.26 Å². The van der Waals surface area contributed by atoms with E-state index in [0.717, 1.165) is 33.0 Å². The quantitative estimate of drug-likeness (QED) is 0.646. The number of anilines is 1. The number of nitrogens with zero attached hydrogens (tertiary/aromatic N) is 2.